The standard InChI is InChI=1S/C10H15Br2ClN2/c1-7-8(9(13)15(3)14-7)4-10(2,5-11)6-12/h4-6H2,1-3H3. The van der Waals surface area contributed by atoms with E-state index >= 15 is 0 Å². The molecule has 0 aliphatic heterocycles. The molecule has 1 aromatic rings. The van der Waals surface area contributed by atoms with E-state index in [0.717, 1.165) is 33.5 Å². The molecule has 1 heterocycles. The maximum atomic E-state index is 6.20. The highest BCUT2D eigenvalue weighted by molar-refractivity contribution is 9.09. The van der Waals surface area contributed by atoms with E-state index in [1.165, 1.54) is 0 Å². The van der Waals surface area contributed by atoms with Crippen LogP contribution in [-0.2, 0) is 13.5 Å². The van der Waals surface area contributed by atoms with Crippen LogP contribution < -0.4 is 0 Å². The Morgan fingerprint density at radius 2 is 1.93 bits per heavy atom. The minimum atomic E-state index is 0.178. The average Bonchev–Trinajstić information content (AvgIpc) is 2.45. The van der Waals surface area contributed by atoms with E-state index in [9.17, 15) is 0 Å². The molecular weight excluding hydrogens is 343 g/mol. The summed E-state index contributed by atoms with van der Waals surface area (Å²) in [7, 11) is 1.87. The van der Waals surface area contributed by atoms with Crippen molar-refractivity contribution in [3.05, 3.63) is 16.4 Å². The Morgan fingerprint density at radius 3 is 2.27 bits per heavy atom. The molecule has 0 aliphatic rings. The van der Waals surface area contributed by atoms with Gasteiger partial charge in [0.2, 0.25) is 0 Å². The molecule has 1 rings (SSSR count). The zero-order valence-corrected chi connectivity index (χ0v) is 13.1. The molecule has 2 nitrogen and oxygen atoms in total. The third-order valence-corrected chi connectivity index (χ3v) is 5.70. The zero-order valence-electron chi connectivity index (χ0n) is 9.15. The predicted molar refractivity (Wildman–Crippen MR) is 72.4 cm³/mol. The van der Waals surface area contributed by atoms with Crippen molar-refractivity contribution >= 4 is 43.5 Å². The molecule has 0 aromatic carbocycles. The molecule has 0 unspecified atom stereocenters. The van der Waals surface area contributed by atoms with E-state index in [1.54, 1.807) is 4.68 Å². The Balaban J connectivity index is 2.98. The fourth-order valence-electron chi connectivity index (χ4n) is 1.43. The molecule has 0 N–H and O–H groups in total. The fraction of sp³-hybridized carbons (Fsp3) is 0.700. The Morgan fingerprint density at radius 1 is 1.40 bits per heavy atom. The lowest BCUT2D eigenvalue weighted by Gasteiger charge is -2.24. The normalized spacial score (nSPS) is 12.1. The SMILES string of the molecule is Cc1nn(C)c(Cl)c1CC(C)(CBr)CBr. The minimum absolute atomic E-state index is 0.178. The highest BCUT2D eigenvalue weighted by Gasteiger charge is 2.25. The maximum absolute atomic E-state index is 6.20. The Labute approximate surface area is 113 Å². The molecule has 0 atom stereocenters. The summed E-state index contributed by atoms with van der Waals surface area (Å²) in [6, 6.07) is 0. The van der Waals surface area contributed by atoms with Crippen LogP contribution in [0.4, 0.5) is 0 Å². The van der Waals surface area contributed by atoms with Gasteiger partial charge in [-0.15, -0.1) is 0 Å². The fourth-order valence-corrected chi connectivity index (χ4v) is 3.00. The lowest BCUT2D eigenvalue weighted by Crippen LogP contribution is -2.23. The number of aryl methyl sites for hydroxylation is 2. The zero-order chi connectivity index (χ0) is 11.6. The molecule has 1 aromatic heterocycles. The molecule has 0 spiro atoms. The molecular formula is C10H15Br2ClN2. The minimum Gasteiger partial charge on any atom is -0.257 e. The largest absolute Gasteiger partial charge is 0.257 e. The van der Waals surface area contributed by atoms with Gasteiger partial charge in [0.25, 0.3) is 0 Å². The van der Waals surface area contributed by atoms with Crippen LogP contribution in [0.25, 0.3) is 0 Å². The van der Waals surface area contributed by atoms with Crippen molar-refractivity contribution in [1.29, 1.82) is 0 Å². The molecule has 0 saturated heterocycles. The van der Waals surface area contributed by atoms with Gasteiger partial charge < -0.3 is 0 Å². The van der Waals surface area contributed by atoms with Gasteiger partial charge in [0.15, 0.2) is 0 Å². The second-order valence-corrected chi connectivity index (χ2v) is 5.71. The van der Waals surface area contributed by atoms with Gasteiger partial charge in [-0.05, 0) is 18.8 Å². The summed E-state index contributed by atoms with van der Waals surface area (Å²) in [5, 5.41) is 6.95. The molecule has 0 bridgehead atoms. The third kappa shape index (κ3) is 2.98. The van der Waals surface area contributed by atoms with Gasteiger partial charge in [-0.25, -0.2) is 0 Å². The first-order valence-electron chi connectivity index (χ1n) is 4.73. The summed E-state index contributed by atoms with van der Waals surface area (Å²) in [5.74, 6) is 0. The molecule has 5 heteroatoms. The van der Waals surface area contributed by atoms with E-state index in [-0.39, 0.29) is 5.41 Å². The number of alkyl halides is 2. The summed E-state index contributed by atoms with van der Waals surface area (Å²) in [6.07, 6.45) is 0.933. The molecule has 0 saturated carbocycles. The van der Waals surface area contributed by atoms with Crippen LogP contribution >= 0.6 is 43.5 Å². The van der Waals surface area contributed by atoms with Crippen molar-refractivity contribution in [2.75, 3.05) is 10.7 Å². The van der Waals surface area contributed by atoms with Gasteiger partial charge in [-0.2, -0.15) is 5.10 Å². The molecule has 86 valence electrons. The van der Waals surface area contributed by atoms with Crippen molar-refractivity contribution < 1.29 is 0 Å². The summed E-state index contributed by atoms with van der Waals surface area (Å²) < 4.78 is 1.73. The second kappa shape index (κ2) is 5.19. The van der Waals surface area contributed by atoms with Gasteiger partial charge in [0.05, 0.1) is 5.69 Å². The van der Waals surface area contributed by atoms with E-state index in [2.05, 4.69) is 43.9 Å². The van der Waals surface area contributed by atoms with Gasteiger partial charge >= 0.3 is 0 Å². The quantitative estimate of drug-likeness (QED) is 0.750. The van der Waals surface area contributed by atoms with Crippen LogP contribution in [0.15, 0.2) is 0 Å². The Bertz CT molecular complexity index is 345. The van der Waals surface area contributed by atoms with Crippen molar-refractivity contribution in [3.8, 4) is 0 Å². The van der Waals surface area contributed by atoms with Gasteiger partial charge in [0.1, 0.15) is 5.15 Å². The van der Waals surface area contributed by atoms with Gasteiger partial charge in [-0.3, -0.25) is 4.68 Å². The first-order chi connectivity index (χ1) is 6.93. The number of aromatic nitrogens is 2. The lowest BCUT2D eigenvalue weighted by atomic mass is 9.88. The topological polar surface area (TPSA) is 17.8 Å². The van der Waals surface area contributed by atoms with Crippen LogP contribution in [0, 0.1) is 12.3 Å². The van der Waals surface area contributed by atoms with Crippen molar-refractivity contribution in [2.45, 2.75) is 20.3 Å². The predicted octanol–water partition coefficient (Wildman–Crippen LogP) is 3.72. The second-order valence-electron chi connectivity index (χ2n) is 4.23. The molecule has 0 amide bonds. The average molecular weight is 359 g/mol. The first kappa shape index (κ1) is 13.5. The third-order valence-electron chi connectivity index (χ3n) is 2.52. The Kier molecular flexibility index (Phi) is 4.68. The number of halogens is 3. The van der Waals surface area contributed by atoms with Crippen LogP contribution in [0.3, 0.4) is 0 Å². The van der Waals surface area contributed by atoms with Crippen LogP contribution in [0.1, 0.15) is 18.2 Å². The Hall–Kier alpha value is 0.460. The number of nitrogens with zero attached hydrogens (tertiary/aromatic N) is 2. The van der Waals surface area contributed by atoms with Gasteiger partial charge in [-0.1, -0.05) is 50.4 Å². The van der Waals surface area contributed by atoms with Crippen molar-refractivity contribution in [2.24, 2.45) is 12.5 Å². The molecule has 0 radical (unpaired) electrons. The van der Waals surface area contributed by atoms with Crippen LogP contribution in [-0.4, -0.2) is 20.4 Å². The van der Waals surface area contributed by atoms with Crippen LogP contribution in [0.2, 0.25) is 5.15 Å². The maximum Gasteiger partial charge on any atom is 0.130 e. The molecule has 0 aliphatic carbocycles. The highest BCUT2D eigenvalue weighted by atomic mass is 79.9. The molecule has 15 heavy (non-hydrogen) atoms. The summed E-state index contributed by atoms with van der Waals surface area (Å²) >= 11 is 13.3. The van der Waals surface area contributed by atoms with Crippen LogP contribution in [0.5, 0.6) is 0 Å². The summed E-state index contributed by atoms with van der Waals surface area (Å²) in [5.41, 5.74) is 2.36. The number of hydrogen-bond acceptors (Lipinski definition) is 1. The van der Waals surface area contributed by atoms with E-state index in [4.69, 9.17) is 11.6 Å². The number of hydrogen-bond donors (Lipinski definition) is 0. The molecule has 0 fully saturated rings. The highest BCUT2D eigenvalue weighted by Crippen LogP contribution is 2.31. The van der Waals surface area contributed by atoms with Crippen molar-refractivity contribution in [3.63, 3.8) is 0 Å². The monoisotopic (exact) mass is 356 g/mol. The number of rotatable bonds is 4. The van der Waals surface area contributed by atoms with Crippen molar-refractivity contribution in [1.82, 2.24) is 9.78 Å². The van der Waals surface area contributed by atoms with E-state index < -0.39 is 0 Å². The van der Waals surface area contributed by atoms with Gasteiger partial charge in [0, 0.05) is 23.3 Å². The van der Waals surface area contributed by atoms with E-state index in [1.807, 2.05) is 14.0 Å². The lowest BCUT2D eigenvalue weighted by molar-refractivity contribution is 0.438. The van der Waals surface area contributed by atoms with E-state index in [0.29, 0.717) is 0 Å². The smallest absolute Gasteiger partial charge is 0.130 e. The first-order valence-corrected chi connectivity index (χ1v) is 7.35. The summed E-state index contributed by atoms with van der Waals surface area (Å²) in [4.78, 5) is 0. The summed E-state index contributed by atoms with van der Waals surface area (Å²) in [6.45, 7) is 4.23.